The van der Waals surface area contributed by atoms with E-state index in [0.29, 0.717) is 11.5 Å². The van der Waals surface area contributed by atoms with Crippen molar-refractivity contribution >= 4 is 23.1 Å². The highest BCUT2D eigenvalue weighted by Gasteiger charge is 2.08. The number of nitrogens with zero attached hydrogens (tertiary/aromatic N) is 1. The van der Waals surface area contributed by atoms with Gasteiger partial charge in [-0.05, 0) is 31.2 Å². The van der Waals surface area contributed by atoms with Crippen molar-refractivity contribution in [2.24, 2.45) is 0 Å². The fraction of sp³-hybridized carbons (Fsp3) is 0.308. The first-order valence-electron chi connectivity index (χ1n) is 5.75. The van der Waals surface area contributed by atoms with Crippen LogP contribution in [0.3, 0.4) is 0 Å². The molecule has 0 amide bonds. The lowest BCUT2D eigenvalue weighted by atomic mass is 10.3. The number of hydrogen-bond acceptors (Lipinski definition) is 5. The summed E-state index contributed by atoms with van der Waals surface area (Å²) in [5.74, 6) is 0.770. The van der Waals surface area contributed by atoms with Crippen LogP contribution in [0.25, 0.3) is 0 Å². The molecule has 0 saturated heterocycles. The van der Waals surface area contributed by atoms with E-state index in [1.165, 1.54) is 23.9 Å². The number of halogens is 1. The summed E-state index contributed by atoms with van der Waals surface area (Å²) in [6.45, 7) is 2.12. The molecule has 0 unspecified atom stereocenters. The Kier molecular flexibility index (Phi) is 5.18. The van der Waals surface area contributed by atoms with E-state index in [-0.39, 0.29) is 12.4 Å². The van der Waals surface area contributed by atoms with Crippen LogP contribution >= 0.6 is 23.1 Å². The Morgan fingerprint density at radius 1 is 1.42 bits per heavy atom. The molecule has 19 heavy (non-hydrogen) atoms. The number of aromatic nitrogens is 1. The summed E-state index contributed by atoms with van der Waals surface area (Å²) in [7, 11) is 0. The van der Waals surface area contributed by atoms with Gasteiger partial charge in [0.25, 0.3) is 0 Å². The number of hydrogen-bond donors (Lipinski definition) is 1. The van der Waals surface area contributed by atoms with Crippen molar-refractivity contribution in [3.05, 3.63) is 41.2 Å². The van der Waals surface area contributed by atoms with Crippen LogP contribution in [0.4, 0.5) is 4.39 Å². The van der Waals surface area contributed by atoms with Gasteiger partial charge in [-0.2, -0.15) is 0 Å². The molecule has 0 fully saturated rings. The number of benzene rings is 1. The zero-order chi connectivity index (χ0) is 13.7. The van der Waals surface area contributed by atoms with E-state index in [1.807, 2.05) is 12.3 Å². The molecule has 102 valence electrons. The summed E-state index contributed by atoms with van der Waals surface area (Å²) in [5.41, 5.74) is 0.990. The number of thiazole rings is 1. The predicted molar refractivity (Wildman–Crippen MR) is 75.5 cm³/mol. The molecule has 1 heterocycles. The normalized spacial score (nSPS) is 12.4. The Morgan fingerprint density at radius 3 is 2.79 bits per heavy atom. The van der Waals surface area contributed by atoms with Crippen molar-refractivity contribution in [1.29, 1.82) is 0 Å². The molecule has 0 spiro atoms. The van der Waals surface area contributed by atoms with Gasteiger partial charge in [-0.3, -0.25) is 0 Å². The topological polar surface area (TPSA) is 42.4 Å². The molecule has 0 bridgehead atoms. The second kappa shape index (κ2) is 6.88. The smallest absolute Gasteiger partial charge is 0.150 e. The van der Waals surface area contributed by atoms with Crippen molar-refractivity contribution in [2.75, 3.05) is 12.4 Å². The summed E-state index contributed by atoms with van der Waals surface area (Å²) in [6, 6.07) is 5.74. The van der Waals surface area contributed by atoms with Crippen LogP contribution in [0.15, 0.2) is 34.0 Å². The van der Waals surface area contributed by atoms with Gasteiger partial charge in [0.2, 0.25) is 0 Å². The van der Waals surface area contributed by atoms with Crippen molar-refractivity contribution < 1.29 is 14.2 Å². The van der Waals surface area contributed by atoms with Crippen molar-refractivity contribution in [2.45, 2.75) is 17.4 Å². The van der Waals surface area contributed by atoms with Crippen LogP contribution < -0.4 is 4.74 Å². The lowest BCUT2D eigenvalue weighted by Crippen LogP contribution is -2.20. The van der Waals surface area contributed by atoms with Gasteiger partial charge >= 0.3 is 0 Å². The third-order valence-corrected chi connectivity index (χ3v) is 4.54. The molecular weight excluding hydrogens is 285 g/mol. The van der Waals surface area contributed by atoms with Crippen LogP contribution in [0, 0.1) is 12.7 Å². The average molecular weight is 299 g/mol. The minimum atomic E-state index is -0.584. The summed E-state index contributed by atoms with van der Waals surface area (Å²) in [5, 5.41) is 11.8. The first kappa shape index (κ1) is 14.3. The van der Waals surface area contributed by atoms with Crippen molar-refractivity contribution in [3.8, 4) is 5.75 Å². The summed E-state index contributed by atoms with van der Waals surface area (Å²) >= 11 is 3.07. The molecule has 2 rings (SSSR count). The van der Waals surface area contributed by atoms with Gasteiger partial charge in [-0.25, -0.2) is 9.37 Å². The zero-order valence-electron chi connectivity index (χ0n) is 10.4. The Bertz CT molecular complexity index is 516. The number of ether oxygens (including phenoxy) is 1. The van der Waals surface area contributed by atoms with Crippen LogP contribution in [0.1, 0.15) is 5.69 Å². The molecule has 1 N–H and O–H groups in total. The molecule has 2 aromatic rings. The highest BCUT2D eigenvalue weighted by molar-refractivity contribution is 8.01. The predicted octanol–water partition coefficient (Wildman–Crippen LogP) is 3.12. The van der Waals surface area contributed by atoms with Gasteiger partial charge < -0.3 is 9.84 Å². The number of aliphatic hydroxyl groups excluding tert-OH is 1. The first-order chi connectivity index (χ1) is 9.13. The van der Waals surface area contributed by atoms with Crippen LogP contribution in [-0.4, -0.2) is 28.6 Å². The molecule has 0 aliphatic rings. The molecule has 0 radical (unpaired) electrons. The maximum absolute atomic E-state index is 12.7. The maximum Gasteiger partial charge on any atom is 0.150 e. The average Bonchev–Trinajstić information content (AvgIpc) is 2.81. The van der Waals surface area contributed by atoms with Gasteiger partial charge in [0, 0.05) is 16.8 Å². The summed E-state index contributed by atoms with van der Waals surface area (Å²) < 4.78 is 19.0. The van der Waals surface area contributed by atoms with Gasteiger partial charge in [0.05, 0.1) is 6.10 Å². The first-order valence-corrected chi connectivity index (χ1v) is 7.61. The highest BCUT2D eigenvalue weighted by Crippen LogP contribution is 2.23. The molecule has 3 nitrogen and oxygen atoms in total. The third-order valence-electron chi connectivity index (χ3n) is 2.25. The lowest BCUT2D eigenvalue weighted by Gasteiger charge is -2.11. The van der Waals surface area contributed by atoms with E-state index >= 15 is 0 Å². The van der Waals surface area contributed by atoms with Crippen LogP contribution in [0.5, 0.6) is 5.75 Å². The Labute approximate surface area is 119 Å². The third kappa shape index (κ3) is 4.81. The van der Waals surface area contributed by atoms with E-state index in [1.54, 1.807) is 23.5 Å². The highest BCUT2D eigenvalue weighted by atomic mass is 32.2. The molecule has 0 aliphatic carbocycles. The Balaban J connectivity index is 1.72. The van der Waals surface area contributed by atoms with E-state index in [9.17, 15) is 9.50 Å². The van der Waals surface area contributed by atoms with Gasteiger partial charge in [0.15, 0.2) is 0 Å². The van der Waals surface area contributed by atoms with Crippen LogP contribution in [-0.2, 0) is 0 Å². The largest absolute Gasteiger partial charge is 0.491 e. The molecule has 6 heteroatoms. The standard InChI is InChI=1S/C13H14FNO2S2/c1-9-7-18-13(15-9)19-8-11(16)6-17-12-4-2-10(14)3-5-12/h2-5,7,11,16H,6,8H2,1H3/t11-/m1/s1. The fourth-order valence-electron chi connectivity index (χ4n) is 1.34. The lowest BCUT2D eigenvalue weighted by molar-refractivity contribution is 0.126. The molecule has 0 saturated carbocycles. The van der Waals surface area contributed by atoms with Gasteiger partial charge in [-0.15, -0.1) is 11.3 Å². The monoisotopic (exact) mass is 299 g/mol. The second-order valence-corrected chi connectivity index (χ2v) is 6.11. The molecular formula is C13H14FNO2S2. The summed E-state index contributed by atoms with van der Waals surface area (Å²) in [6.07, 6.45) is -0.584. The Morgan fingerprint density at radius 2 is 2.16 bits per heavy atom. The second-order valence-electron chi connectivity index (χ2n) is 3.98. The van der Waals surface area contributed by atoms with E-state index in [4.69, 9.17) is 4.74 Å². The van der Waals surface area contributed by atoms with E-state index < -0.39 is 6.10 Å². The SMILES string of the molecule is Cc1csc(SC[C@H](O)COc2ccc(F)cc2)n1. The molecule has 1 aromatic carbocycles. The minimum Gasteiger partial charge on any atom is -0.491 e. The number of aliphatic hydroxyl groups is 1. The van der Waals surface area contributed by atoms with Gasteiger partial charge in [0.1, 0.15) is 22.5 Å². The van der Waals surface area contributed by atoms with Crippen molar-refractivity contribution in [1.82, 2.24) is 4.98 Å². The van der Waals surface area contributed by atoms with Crippen molar-refractivity contribution in [3.63, 3.8) is 0 Å². The van der Waals surface area contributed by atoms with E-state index in [0.717, 1.165) is 10.0 Å². The molecule has 1 aromatic heterocycles. The zero-order valence-corrected chi connectivity index (χ0v) is 12.0. The molecule has 0 aliphatic heterocycles. The number of thioether (sulfide) groups is 1. The van der Waals surface area contributed by atoms with E-state index in [2.05, 4.69) is 4.98 Å². The quantitative estimate of drug-likeness (QED) is 0.832. The minimum absolute atomic E-state index is 0.184. The summed E-state index contributed by atoms with van der Waals surface area (Å²) in [4.78, 5) is 4.30. The molecule has 1 atom stereocenters. The van der Waals surface area contributed by atoms with Crippen LogP contribution in [0.2, 0.25) is 0 Å². The Hall–Kier alpha value is -1.11. The maximum atomic E-state index is 12.7. The number of aryl methyl sites for hydroxylation is 1. The van der Waals surface area contributed by atoms with Gasteiger partial charge in [-0.1, -0.05) is 11.8 Å². The number of rotatable bonds is 6. The fourth-order valence-corrected chi connectivity index (χ4v) is 3.12.